The number of aliphatic carboxylic acids is 1. The molecule has 0 aromatic heterocycles. The summed E-state index contributed by atoms with van der Waals surface area (Å²) in [6, 6.07) is -0.0206. The van der Waals surface area contributed by atoms with Gasteiger partial charge in [-0.1, -0.05) is 22.0 Å². The molecule has 1 fully saturated rings. The Balaban J connectivity index is 1.83. The number of likely N-dealkylation sites (tertiary alicyclic amines) is 1. The van der Waals surface area contributed by atoms with Crippen molar-refractivity contribution in [2.75, 3.05) is 33.3 Å². The number of carbonyl (C=O) groups is 2. The molecule has 2 aliphatic heterocycles. The van der Waals surface area contributed by atoms with E-state index in [4.69, 9.17) is 9.84 Å². The molecule has 2 amide bonds. The van der Waals surface area contributed by atoms with E-state index in [2.05, 4.69) is 15.9 Å². The van der Waals surface area contributed by atoms with Crippen molar-refractivity contribution in [2.45, 2.75) is 12.5 Å². The summed E-state index contributed by atoms with van der Waals surface area (Å²) in [5, 5.41) is 8.96. The summed E-state index contributed by atoms with van der Waals surface area (Å²) in [6.45, 7) is 2.20. The maximum atomic E-state index is 12.1. The third-order valence-corrected chi connectivity index (χ3v) is 4.25. The van der Waals surface area contributed by atoms with Gasteiger partial charge in [-0.25, -0.2) is 9.59 Å². The highest BCUT2D eigenvalue weighted by atomic mass is 79.9. The van der Waals surface area contributed by atoms with Gasteiger partial charge >= 0.3 is 12.0 Å². The van der Waals surface area contributed by atoms with Gasteiger partial charge in [-0.3, -0.25) is 0 Å². The minimum Gasteiger partial charge on any atom is -0.479 e. The number of ether oxygens (including phenoxy) is 1. The molecule has 0 radical (unpaired) electrons. The van der Waals surface area contributed by atoms with E-state index >= 15 is 0 Å². The van der Waals surface area contributed by atoms with Crippen molar-refractivity contribution in [3.05, 3.63) is 10.6 Å². The van der Waals surface area contributed by atoms with Crippen LogP contribution in [0.25, 0.3) is 0 Å². The van der Waals surface area contributed by atoms with E-state index in [1.807, 2.05) is 6.08 Å². The first-order valence-electron chi connectivity index (χ1n) is 6.17. The van der Waals surface area contributed by atoms with Crippen LogP contribution in [0, 0.1) is 5.92 Å². The number of nitrogens with zero attached hydrogens (tertiary/aromatic N) is 2. The fourth-order valence-electron chi connectivity index (χ4n) is 2.37. The largest absolute Gasteiger partial charge is 0.479 e. The van der Waals surface area contributed by atoms with Crippen LogP contribution in [0.5, 0.6) is 0 Å². The van der Waals surface area contributed by atoms with Gasteiger partial charge in [0.2, 0.25) is 0 Å². The highest BCUT2D eigenvalue weighted by Crippen LogP contribution is 2.24. The van der Waals surface area contributed by atoms with Crippen LogP contribution in [0.4, 0.5) is 4.79 Å². The van der Waals surface area contributed by atoms with Crippen molar-refractivity contribution in [3.8, 4) is 0 Å². The second-order valence-corrected chi connectivity index (χ2v) is 5.81. The summed E-state index contributed by atoms with van der Waals surface area (Å²) >= 11 is 3.41. The fraction of sp³-hybridized carbons (Fsp3) is 0.667. The van der Waals surface area contributed by atoms with Crippen LogP contribution < -0.4 is 0 Å². The predicted octanol–water partition coefficient (Wildman–Crippen LogP) is 1.12. The minimum atomic E-state index is -0.968. The number of carboxylic acids is 1. The molecule has 0 aliphatic carbocycles. The monoisotopic (exact) mass is 332 g/mol. The molecule has 0 saturated carbocycles. The Morgan fingerprint density at radius 2 is 2.16 bits per heavy atom. The summed E-state index contributed by atoms with van der Waals surface area (Å²) in [4.78, 5) is 26.5. The fourth-order valence-corrected chi connectivity index (χ4v) is 2.70. The Morgan fingerprint density at radius 3 is 2.63 bits per heavy atom. The normalized spacial score (nSPS) is 21.7. The lowest BCUT2D eigenvalue weighted by Crippen LogP contribution is -2.59. The molecule has 6 nitrogen and oxygen atoms in total. The average molecular weight is 333 g/mol. The first-order valence-corrected chi connectivity index (χ1v) is 6.96. The van der Waals surface area contributed by atoms with E-state index in [1.54, 1.807) is 9.80 Å². The second kappa shape index (κ2) is 5.92. The molecule has 1 unspecified atom stereocenters. The van der Waals surface area contributed by atoms with Crippen LogP contribution in [0.3, 0.4) is 0 Å². The maximum absolute atomic E-state index is 12.1. The molecule has 0 spiro atoms. The van der Waals surface area contributed by atoms with Crippen molar-refractivity contribution in [1.82, 2.24) is 9.80 Å². The first-order chi connectivity index (χ1) is 9.02. The van der Waals surface area contributed by atoms with Gasteiger partial charge in [0.1, 0.15) is 0 Å². The van der Waals surface area contributed by atoms with Gasteiger partial charge in [-0.15, -0.1) is 0 Å². The first kappa shape index (κ1) is 14.3. The van der Waals surface area contributed by atoms with Crippen molar-refractivity contribution in [1.29, 1.82) is 0 Å². The standard InChI is InChI=1S/C12H17BrN2O4/c1-19-10(11(16)17)8-6-15(7-8)12(18)14-4-2-9(13)3-5-14/h2,8,10H,3-7H2,1H3,(H,16,17). The number of halogens is 1. The Hall–Kier alpha value is -1.08. The number of hydrogen-bond donors (Lipinski definition) is 1. The van der Waals surface area contributed by atoms with Crippen LogP contribution in [-0.2, 0) is 9.53 Å². The molecule has 1 saturated heterocycles. The molecule has 0 aromatic rings. The Labute approximate surface area is 120 Å². The Morgan fingerprint density at radius 1 is 1.47 bits per heavy atom. The predicted molar refractivity (Wildman–Crippen MR) is 72.1 cm³/mol. The zero-order valence-electron chi connectivity index (χ0n) is 10.7. The lowest BCUT2D eigenvalue weighted by atomic mass is 9.94. The summed E-state index contributed by atoms with van der Waals surface area (Å²) in [7, 11) is 1.39. The topological polar surface area (TPSA) is 70.1 Å². The maximum Gasteiger partial charge on any atom is 0.333 e. The second-order valence-electron chi connectivity index (χ2n) is 4.79. The van der Waals surface area contributed by atoms with Crippen LogP contribution in [0.15, 0.2) is 10.6 Å². The molecular weight excluding hydrogens is 316 g/mol. The Kier molecular flexibility index (Phi) is 4.46. The Bertz CT molecular complexity index is 407. The third kappa shape index (κ3) is 3.09. The summed E-state index contributed by atoms with van der Waals surface area (Å²) in [5.41, 5.74) is 0. The number of urea groups is 1. The van der Waals surface area contributed by atoms with Crippen LogP contribution in [-0.4, -0.2) is 66.3 Å². The van der Waals surface area contributed by atoms with Crippen molar-refractivity contribution >= 4 is 27.9 Å². The SMILES string of the molecule is COC(C(=O)O)C1CN(C(=O)N2CC=C(Br)CC2)C1. The van der Waals surface area contributed by atoms with Gasteiger partial charge in [0.05, 0.1) is 0 Å². The van der Waals surface area contributed by atoms with E-state index in [-0.39, 0.29) is 11.9 Å². The summed E-state index contributed by atoms with van der Waals surface area (Å²) in [6.07, 6.45) is 1.99. The molecule has 0 bridgehead atoms. The molecular formula is C12H17BrN2O4. The highest BCUT2D eigenvalue weighted by molar-refractivity contribution is 9.11. The lowest BCUT2D eigenvalue weighted by molar-refractivity contribution is -0.155. The van der Waals surface area contributed by atoms with Gasteiger partial charge in [-0.2, -0.15) is 0 Å². The molecule has 1 N–H and O–H groups in total. The van der Waals surface area contributed by atoms with E-state index in [0.29, 0.717) is 26.2 Å². The van der Waals surface area contributed by atoms with E-state index in [9.17, 15) is 9.59 Å². The molecule has 7 heteroatoms. The van der Waals surface area contributed by atoms with E-state index in [1.165, 1.54) is 7.11 Å². The van der Waals surface area contributed by atoms with Gasteiger partial charge in [0.25, 0.3) is 0 Å². The smallest absolute Gasteiger partial charge is 0.333 e. The minimum absolute atomic E-state index is 0.0206. The van der Waals surface area contributed by atoms with Gasteiger partial charge in [-0.05, 0) is 10.9 Å². The number of rotatable bonds is 3. The number of carboxylic acid groups (broad SMARTS) is 1. The molecule has 1 atom stereocenters. The van der Waals surface area contributed by atoms with Crippen molar-refractivity contribution in [3.63, 3.8) is 0 Å². The summed E-state index contributed by atoms with van der Waals surface area (Å²) < 4.78 is 6.06. The zero-order valence-corrected chi connectivity index (χ0v) is 12.3. The zero-order chi connectivity index (χ0) is 14.0. The molecule has 2 aliphatic rings. The summed E-state index contributed by atoms with van der Waals surface area (Å²) in [5.74, 6) is -1.08. The van der Waals surface area contributed by atoms with Crippen LogP contribution >= 0.6 is 15.9 Å². The number of carbonyl (C=O) groups excluding carboxylic acids is 1. The molecule has 2 heterocycles. The van der Waals surface area contributed by atoms with Crippen molar-refractivity contribution in [2.24, 2.45) is 5.92 Å². The van der Waals surface area contributed by atoms with Crippen LogP contribution in [0.1, 0.15) is 6.42 Å². The number of methoxy groups -OCH3 is 1. The quantitative estimate of drug-likeness (QED) is 0.840. The molecule has 2 rings (SSSR count). The van der Waals surface area contributed by atoms with E-state index < -0.39 is 12.1 Å². The molecule has 0 aromatic carbocycles. The molecule has 106 valence electrons. The van der Waals surface area contributed by atoms with E-state index in [0.717, 1.165) is 10.9 Å². The van der Waals surface area contributed by atoms with Gasteiger partial charge in [0.15, 0.2) is 6.10 Å². The molecule has 19 heavy (non-hydrogen) atoms. The lowest BCUT2D eigenvalue weighted by Gasteiger charge is -2.43. The highest BCUT2D eigenvalue weighted by Gasteiger charge is 2.41. The number of amides is 2. The number of hydrogen-bond acceptors (Lipinski definition) is 3. The van der Waals surface area contributed by atoms with Crippen LogP contribution in [0.2, 0.25) is 0 Å². The van der Waals surface area contributed by atoms with Crippen molar-refractivity contribution < 1.29 is 19.4 Å². The van der Waals surface area contributed by atoms with Gasteiger partial charge < -0.3 is 19.6 Å². The third-order valence-electron chi connectivity index (χ3n) is 3.53. The van der Waals surface area contributed by atoms with Gasteiger partial charge in [0, 0.05) is 39.2 Å². The average Bonchev–Trinajstić information content (AvgIpc) is 2.32.